The minimum Gasteiger partial charge on any atom is -0.494 e. The number of nitrogens with one attached hydrogen (secondary N) is 1. The van der Waals surface area contributed by atoms with E-state index >= 15 is 0 Å². The molecule has 0 radical (unpaired) electrons. The molecule has 1 aliphatic rings. The highest BCUT2D eigenvalue weighted by molar-refractivity contribution is 7.85. The molecule has 7 heteroatoms. The Morgan fingerprint density at radius 1 is 1.43 bits per heavy atom. The average molecular weight is 311 g/mol. The normalized spacial score (nSPS) is 18.2. The molecule has 0 aliphatic carbocycles. The number of hydrogen-bond donors (Lipinski definition) is 2. The Balaban J connectivity index is 2.02. The third-order valence-electron chi connectivity index (χ3n) is 3.62. The van der Waals surface area contributed by atoms with Gasteiger partial charge in [-0.2, -0.15) is 0 Å². The van der Waals surface area contributed by atoms with E-state index in [0.717, 1.165) is 0 Å². The summed E-state index contributed by atoms with van der Waals surface area (Å²) in [6, 6.07) is 4.84. The topological polar surface area (TPSA) is 84.7 Å². The molecule has 0 bridgehead atoms. The highest BCUT2D eigenvalue weighted by Crippen LogP contribution is 2.26. The smallest absolute Gasteiger partial charge is 0.241 e. The molecule has 1 aromatic carbocycles. The van der Waals surface area contributed by atoms with Crippen molar-refractivity contribution >= 4 is 28.1 Å². The summed E-state index contributed by atoms with van der Waals surface area (Å²) in [5.74, 6) is 1.69. The first-order valence-electron chi connectivity index (χ1n) is 6.84. The van der Waals surface area contributed by atoms with Gasteiger partial charge < -0.3 is 15.8 Å². The van der Waals surface area contributed by atoms with Crippen LogP contribution in [0.3, 0.4) is 0 Å². The molecule has 1 amide bonds. The van der Waals surface area contributed by atoms with Gasteiger partial charge in [0.25, 0.3) is 0 Å². The molecule has 21 heavy (non-hydrogen) atoms. The molecule has 0 aromatic heterocycles. The third kappa shape index (κ3) is 3.95. The highest BCUT2D eigenvalue weighted by atomic mass is 32.2. The van der Waals surface area contributed by atoms with Crippen molar-refractivity contribution in [2.24, 2.45) is 0 Å². The summed E-state index contributed by atoms with van der Waals surface area (Å²) in [6.45, 7) is 3.22. The van der Waals surface area contributed by atoms with Crippen molar-refractivity contribution in [3.8, 4) is 5.75 Å². The van der Waals surface area contributed by atoms with Gasteiger partial charge in [0.15, 0.2) is 0 Å². The SMILES string of the molecule is COc1cc(N)ccc1NC(=O)C(C)N1CCS(=O)CC1. The van der Waals surface area contributed by atoms with Crippen LogP contribution in [-0.4, -0.2) is 52.8 Å². The second-order valence-electron chi connectivity index (χ2n) is 5.01. The molecular formula is C14H21N3O3S. The van der Waals surface area contributed by atoms with E-state index in [0.29, 0.717) is 41.7 Å². The van der Waals surface area contributed by atoms with E-state index in [1.54, 1.807) is 18.2 Å². The molecule has 0 saturated carbocycles. The van der Waals surface area contributed by atoms with Gasteiger partial charge in [0.2, 0.25) is 5.91 Å². The Labute approximate surface area is 127 Å². The van der Waals surface area contributed by atoms with Crippen LogP contribution in [-0.2, 0) is 15.6 Å². The van der Waals surface area contributed by atoms with Crippen molar-refractivity contribution in [1.29, 1.82) is 0 Å². The van der Waals surface area contributed by atoms with Gasteiger partial charge in [0.05, 0.1) is 18.8 Å². The molecule has 1 aromatic rings. The van der Waals surface area contributed by atoms with Crippen LogP contribution in [0.2, 0.25) is 0 Å². The predicted octanol–water partition coefficient (Wildman–Crippen LogP) is 0.669. The monoisotopic (exact) mass is 311 g/mol. The summed E-state index contributed by atoms with van der Waals surface area (Å²) in [5, 5.41) is 2.86. The number of carbonyl (C=O) groups is 1. The van der Waals surface area contributed by atoms with Crippen LogP contribution >= 0.6 is 0 Å². The molecule has 1 unspecified atom stereocenters. The lowest BCUT2D eigenvalue weighted by atomic mass is 10.2. The molecule has 2 rings (SSSR count). The molecule has 1 fully saturated rings. The lowest BCUT2D eigenvalue weighted by molar-refractivity contribution is -0.120. The molecule has 1 saturated heterocycles. The van der Waals surface area contributed by atoms with Gasteiger partial charge in [-0.15, -0.1) is 0 Å². The number of nitrogens with zero attached hydrogens (tertiary/aromatic N) is 1. The fourth-order valence-electron chi connectivity index (χ4n) is 2.25. The molecule has 116 valence electrons. The maximum Gasteiger partial charge on any atom is 0.241 e. The molecular weight excluding hydrogens is 290 g/mol. The summed E-state index contributed by atoms with van der Waals surface area (Å²) in [6.07, 6.45) is 0. The van der Waals surface area contributed by atoms with E-state index in [2.05, 4.69) is 5.32 Å². The Morgan fingerprint density at radius 2 is 2.10 bits per heavy atom. The number of hydrogen-bond acceptors (Lipinski definition) is 5. The van der Waals surface area contributed by atoms with Crippen molar-refractivity contribution in [3.63, 3.8) is 0 Å². The molecule has 0 spiro atoms. The first kappa shape index (κ1) is 15.8. The largest absolute Gasteiger partial charge is 0.494 e. The van der Waals surface area contributed by atoms with Crippen LogP contribution in [0.25, 0.3) is 0 Å². The van der Waals surface area contributed by atoms with Crippen LogP contribution in [0.15, 0.2) is 18.2 Å². The maximum atomic E-state index is 12.3. The van der Waals surface area contributed by atoms with Crippen LogP contribution < -0.4 is 15.8 Å². The summed E-state index contributed by atoms with van der Waals surface area (Å²) in [7, 11) is 0.792. The van der Waals surface area contributed by atoms with Gasteiger partial charge >= 0.3 is 0 Å². The highest BCUT2D eigenvalue weighted by Gasteiger charge is 2.25. The summed E-state index contributed by atoms with van der Waals surface area (Å²) >= 11 is 0. The number of anilines is 2. The van der Waals surface area contributed by atoms with Gasteiger partial charge in [-0.1, -0.05) is 0 Å². The fourth-order valence-corrected chi connectivity index (χ4v) is 3.33. The minimum absolute atomic E-state index is 0.106. The van der Waals surface area contributed by atoms with Crippen LogP contribution in [0, 0.1) is 0 Å². The Morgan fingerprint density at radius 3 is 2.71 bits per heavy atom. The van der Waals surface area contributed by atoms with E-state index in [9.17, 15) is 9.00 Å². The van der Waals surface area contributed by atoms with Crippen molar-refractivity contribution in [2.75, 3.05) is 42.8 Å². The summed E-state index contributed by atoms with van der Waals surface area (Å²) in [4.78, 5) is 14.4. The summed E-state index contributed by atoms with van der Waals surface area (Å²) in [5.41, 5.74) is 6.87. The van der Waals surface area contributed by atoms with Crippen LogP contribution in [0.5, 0.6) is 5.75 Å². The minimum atomic E-state index is -0.744. The Hall–Kier alpha value is -1.60. The zero-order chi connectivity index (χ0) is 15.4. The van der Waals surface area contributed by atoms with Gasteiger partial charge in [-0.05, 0) is 19.1 Å². The molecule has 6 nitrogen and oxygen atoms in total. The van der Waals surface area contributed by atoms with Crippen molar-refractivity contribution in [1.82, 2.24) is 4.90 Å². The van der Waals surface area contributed by atoms with Gasteiger partial charge in [0, 0.05) is 47.1 Å². The number of methoxy groups -OCH3 is 1. The lowest BCUT2D eigenvalue weighted by Crippen LogP contribution is -2.48. The van der Waals surface area contributed by atoms with Gasteiger partial charge in [0.1, 0.15) is 5.75 Å². The average Bonchev–Trinajstić information content (AvgIpc) is 2.49. The Bertz CT molecular complexity index is 540. The number of nitrogen functional groups attached to an aromatic ring is 1. The lowest BCUT2D eigenvalue weighted by Gasteiger charge is -2.31. The zero-order valence-electron chi connectivity index (χ0n) is 12.3. The van der Waals surface area contributed by atoms with E-state index in [-0.39, 0.29) is 11.9 Å². The van der Waals surface area contributed by atoms with E-state index in [1.165, 1.54) is 7.11 Å². The van der Waals surface area contributed by atoms with E-state index in [4.69, 9.17) is 10.5 Å². The molecule has 3 N–H and O–H groups in total. The number of ether oxygens (including phenoxy) is 1. The third-order valence-corrected chi connectivity index (χ3v) is 4.90. The number of carbonyl (C=O) groups excluding carboxylic acids is 1. The molecule has 1 atom stereocenters. The second-order valence-corrected chi connectivity index (χ2v) is 6.71. The first-order chi connectivity index (χ1) is 10.0. The summed E-state index contributed by atoms with van der Waals surface area (Å²) < 4.78 is 16.6. The maximum absolute atomic E-state index is 12.3. The van der Waals surface area contributed by atoms with Gasteiger partial charge in [-0.25, -0.2) is 0 Å². The van der Waals surface area contributed by atoms with E-state index < -0.39 is 10.8 Å². The number of amides is 1. The second kappa shape index (κ2) is 6.91. The standard InChI is InChI=1S/C14H21N3O3S/c1-10(17-5-7-21(19)8-6-17)14(18)16-12-4-3-11(15)9-13(12)20-2/h3-4,9-10H,5-8,15H2,1-2H3,(H,16,18). The first-order valence-corrected chi connectivity index (χ1v) is 8.33. The zero-order valence-corrected chi connectivity index (χ0v) is 13.1. The predicted molar refractivity (Wildman–Crippen MR) is 84.9 cm³/mol. The van der Waals surface area contributed by atoms with E-state index in [1.807, 2.05) is 11.8 Å². The van der Waals surface area contributed by atoms with Crippen molar-refractivity contribution in [3.05, 3.63) is 18.2 Å². The number of rotatable bonds is 4. The fraction of sp³-hybridized carbons (Fsp3) is 0.500. The van der Waals surface area contributed by atoms with Crippen molar-refractivity contribution < 1.29 is 13.7 Å². The molecule has 1 heterocycles. The van der Waals surface area contributed by atoms with Crippen LogP contribution in [0.4, 0.5) is 11.4 Å². The number of benzene rings is 1. The quantitative estimate of drug-likeness (QED) is 0.798. The molecule has 1 aliphatic heterocycles. The van der Waals surface area contributed by atoms with Crippen LogP contribution in [0.1, 0.15) is 6.92 Å². The Kier molecular flexibility index (Phi) is 5.19. The van der Waals surface area contributed by atoms with Gasteiger partial charge in [-0.3, -0.25) is 13.9 Å². The van der Waals surface area contributed by atoms with Crippen molar-refractivity contribution in [2.45, 2.75) is 13.0 Å². The number of nitrogens with two attached hydrogens (primary N) is 1.